The van der Waals surface area contributed by atoms with Crippen molar-refractivity contribution in [3.63, 3.8) is 0 Å². The number of esters is 1. The third-order valence-corrected chi connectivity index (χ3v) is 4.49. The molecule has 1 aliphatic rings. The van der Waals surface area contributed by atoms with Crippen LogP contribution >= 0.6 is 0 Å². The van der Waals surface area contributed by atoms with Crippen molar-refractivity contribution < 1.29 is 14.3 Å². The Morgan fingerprint density at radius 3 is 2.22 bits per heavy atom. The molecular weight excluding hydrogens is 230 g/mol. The van der Waals surface area contributed by atoms with Crippen LogP contribution in [-0.4, -0.2) is 25.5 Å². The summed E-state index contributed by atoms with van der Waals surface area (Å²) in [6.45, 7) is 9.08. The van der Waals surface area contributed by atoms with Gasteiger partial charge in [-0.05, 0) is 24.2 Å². The Bertz CT molecular complexity index is 330. The van der Waals surface area contributed by atoms with E-state index in [0.29, 0.717) is 25.3 Å². The molecule has 0 aromatic heterocycles. The minimum absolute atomic E-state index is 0.0245. The van der Waals surface area contributed by atoms with Gasteiger partial charge in [0, 0.05) is 6.54 Å². The summed E-state index contributed by atoms with van der Waals surface area (Å²) in [7, 11) is 1.34. The Morgan fingerprint density at radius 1 is 1.33 bits per heavy atom. The van der Waals surface area contributed by atoms with E-state index in [-0.39, 0.29) is 11.3 Å². The summed E-state index contributed by atoms with van der Waals surface area (Å²) in [5, 5.41) is 2.92. The summed E-state index contributed by atoms with van der Waals surface area (Å²) >= 11 is 0. The summed E-state index contributed by atoms with van der Waals surface area (Å²) in [6.07, 6.45) is 2.12. The lowest BCUT2D eigenvalue weighted by molar-refractivity contribution is -0.165. The van der Waals surface area contributed by atoms with Crippen LogP contribution in [0.1, 0.15) is 47.0 Å². The molecule has 1 saturated carbocycles. The van der Waals surface area contributed by atoms with Gasteiger partial charge in [0.15, 0.2) is 0 Å². The predicted octanol–water partition coefficient (Wildman–Crippen LogP) is 2.13. The summed E-state index contributed by atoms with van der Waals surface area (Å²) in [6, 6.07) is 0. The van der Waals surface area contributed by atoms with Crippen molar-refractivity contribution in [3.05, 3.63) is 0 Å². The van der Waals surface area contributed by atoms with Gasteiger partial charge in [-0.1, -0.05) is 34.1 Å². The third kappa shape index (κ3) is 2.68. The van der Waals surface area contributed by atoms with Crippen molar-refractivity contribution in [2.45, 2.75) is 47.0 Å². The maximum Gasteiger partial charge on any atom is 0.321 e. The van der Waals surface area contributed by atoms with Crippen LogP contribution in [0.2, 0.25) is 0 Å². The minimum atomic E-state index is -0.915. The normalized spacial score (nSPS) is 18.1. The van der Waals surface area contributed by atoms with Crippen molar-refractivity contribution in [1.29, 1.82) is 0 Å². The van der Waals surface area contributed by atoms with Gasteiger partial charge in [0.25, 0.3) is 0 Å². The Labute approximate surface area is 109 Å². The predicted molar refractivity (Wildman–Crippen MR) is 69.9 cm³/mol. The molecule has 0 aromatic rings. The first kappa shape index (κ1) is 15.0. The zero-order valence-electron chi connectivity index (χ0n) is 12.1. The highest BCUT2D eigenvalue weighted by Crippen LogP contribution is 2.42. The van der Waals surface area contributed by atoms with Gasteiger partial charge in [-0.3, -0.25) is 9.59 Å². The lowest BCUT2D eigenvalue weighted by Crippen LogP contribution is -2.53. The summed E-state index contributed by atoms with van der Waals surface area (Å²) < 4.78 is 4.76. The monoisotopic (exact) mass is 255 g/mol. The molecule has 0 atom stereocenters. The van der Waals surface area contributed by atoms with E-state index in [9.17, 15) is 9.59 Å². The van der Waals surface area contributed by atoms with E-state index in [1.54, 1.807) is 0 Å². The van der Waals surface area contributed by atoms with E-state index in [1.165, 1.54) is 7.11 Å². The van der Waals surface area contributed by atoms with E-state index in [4.69, 9.17) is 4.74 Å². The molecule has 0 saturated heterocycles. The lowest BCUT2D eigenvalue weighted by Gasteiger charge is -2.38. The summed E-state index contributed by atoms with van der Waals surface area (Å²) in [5.74, 6) is -0.101. The second-order valence-corrected chi connectivity index (χ2v) is 6.25. The fourth-order valence-corrected chi connectivity index (χ4v) is 1.93. The van der Waals surface area contributed by atoms with Crippen LogP contribution in [0, 0.1) is 16.7 Å². The van der Waals surface area contributed by atoms with E-state index >= 15 is 0 Å². The molecule has 0 heterocycles. The molecule has 1 amide bonds. The molecular formula is C14H25NO3. The molecule has 0 bridgehead atoms. The highest BCUT2D eigenvalue weighted by molar-refractivity contribution is 6.03. The Balaban J connectivity index is 2.63. The first-order chi connectivity index (χ1) is 8.26. The first-order valence-electron chi connectivity index (χ1n) is 6.63. The van der Waals surface area contributed by atoms with Crippen LogP contribution in [0.4, 0.5) is 0 Å². The van der Waals surface area contributed by atoms with Crippen LogP contribution in [0.3, 0.4) is 0 Å². The topological polar surface area (TPSA) is 55.4 Å². The number of carbonyl (C=O) groups is 2. The number of hydrogen-bond donors (Lipinski definition) is 1. The fraction of sp³-hybridized carbons (Fsp3) is 0.857. The summed E-state index contributed by atoms with van der Waals surface area (Å²) in [4.78, 5) is 23.9. The van der Waals surface area contributed by atoms with Gasteiger partial charge in [0.2, 0.25) is 5.91 Å². The Hall–Kier alpha value is -1.06. The van der Waals surface area contributed by atoms with Crippen molar-refractivity contribution >= 4 is 11.9 Å². The van der Waals surface area contributed by atoms with Crippen LogP contribution in [-0.2, 0) is 14.3 Å². The van der Waals surface area contributed by atoms with Gasteiger partial charge >= 0.3 is 5.97 Å². The van der Waals surface area contributed by atoms with E-state index in [1.807, 2.05) is 0 Å². The number of ether oxygens (including phenoxy) is 1. The maximum atomic E-state index is 12.2. The van der Waals surface area contributed by atoms with Crippen molar-refractivity contribution in [2.75, 3.05) is 13.7 Å². The zero-order chi connectivity index (χ0) is 14.0. The maximum absolute atomic E-state index is 12.2. The number of methoxy groups -OCH3 is 1. The number of hydrogen-bond acceptors (Lipinski definition) is 3. The van der Waals surface area contributed by atoms with Crippen LogP contribution in [0.15, 0.2) is 0 Å². The molecule has 0 aliphatic heterocycles. The largest absolute Gasteiger partial charge is 0.468 e. The molecule has 18 heavy (non-hydrogen) atoms. The number of amides is 1. The average Bonchev–Trinajstić information content (AvgIpc) is 2.24. The smallest absolute Gasteiger partial charge is 0.321 e. The van der Waals surface area contributed by atoms with Crippen molar-refractivity contribution in [1.82, 2.24) is 5.32 Å². The highest BCUT2D eigenvalue weighted by Gasteiger charge is 2.52. The van der Waals surface area contributed by atoms with Gasteiger partial charge < -0.3 is 10.1 Å². The number of carbonyl (C=O) groups excluding carboxylic acids is 2. The molecule has 0 spiro atoms. The lowest BCUT2D eigenvalue weighted by atomic mass is 9.68. The first-order valence-corrected chi connectivity index (χ1v) is 6.63. The van der Waals surface area contributed by atoms with E-state index < -0.39 is 11.4 Å². The van der Waals surface area contributed by atoms with E-state index in [2.05, 4.69) is 33.0 Å². The third-order valence-electron chi connectivity index (χ3n) is 4.49. The Morgan fingerprint density at radius 2 is 1.89 bits per heavy atom. The SMILES string of the molecule is COC(=O)C1(C(=O)NCC(C)(C)C(C)C)CCC1. The summed E-state index contributed by atoms with van der Waals surface area (Å²) in [5.41, 5.74) is -0.890. The molecule has 1 fully saturated rings. The molecule has 0 radical (unpaired) electrons. The molecule has 4 heteroatoms. The second-order valence-electron chi connectivity index (χ2n) is 6.25. The van der Waals surface area contributed by atoms with Gasteiger partial charge in [-0.15, -0.1) is 0 Å². The minimum Gasteiger partial charge on any atom is -0.468 e. The van der Waals surface area contributed by atoms with Crippen molar-refractivity contribution in [2.24, 2.45) is 16.7 Å². The number of nitrogens with one attached hydrogen (secondary N) is 1. The van der Waals surface area contributed by atoms with Gasteiger partial charge in [-0.2, -0.15) is 0 Å². The second kappa shape index (κ2) is 5.29. The molecule has 1 N–H and O–H groups in total. The molecule has 104 valence electrons. The fourth-order valence-electron chi connectivity index (χ4n) is 1.93. The highest BCUT2D eigenvalue weighted by atomic mass is 16.5. The molecule has 1 aliphatic carbocycles. The standard InChI is InChI=1S/C14H25NO3/c1-10(2)13(3,4)9-15-11(16)14(7-6-8-14)12(17)18-5/h10H,6-9H2,1-5H3,(H,15,16). The molecule has 4 nitrogen and oxygen atoms in total. The van der Waals surface area contributed by atoms with Crippen LogP contribution in [0.25, 0.3) is 0 Å². The molecule has 0 unspecified atom stereocenters. The molecule has 1 rings (SSSR count). The van der Waals surface area contributed by atoms with E-state index in [0.717, 1.165) is 6.42 Å². The van der Waals surface area contributed by atoms with Crippen molar-refractivity contribution in [3.8, 4) is 0 Å². The number of rotatable bonds is 5. The van der Waals surface area contributed by atoms with Gasteiger partial charge in [0.1, 0.15) is 5.41 Å². The Kier molecular flexibility index (Phi) is 4.41. The van der Waals surface area contributed by atoms with Gasteiger partial charge in [-0.25, -0.2) is 0 Å². The van der Waals surface area contributed by atoms with Gasteiger partial charge in [0.05, 0.1) is 7.11 Å². The molecule has 0 aromatic carbocycles. The van der Waals surface area contributed by atoms with Crippen LogP contribution < -0.4 is 5.32 Å². The average molecular weight is 255 g/mol. The zero-order valence-corrected chi connectivity index (χ0v) is 12.1. The quantitative estimate of drug-likeness (QED) is 0.605. The van der Waals surface area contributed by atoms with Crippen LogP contribution in [0.5, 0.6) is 0 Å².